The molecule has 5 nitrogen and oxygen atoms in total. The average Bonchev–Trinajstić information content (AvgIpc) is 2.52. The quantitative estimate of drug-likeness (QED) is 0.288. The van der Waals surface area contributed by atoms with Gasteiger partial charge in [-0.25, -0.2) is 0 Å². The summed E-state index contributed by atoms with van der Waals surface area (Å²) in [6, 6.07) is 0. The SMILES string of the molecule is CCNC(=NCC(C)(C)SC)N1CCCC(C(=O)OCC)C1.I. The molecule has 0 radical (unpaired) electrons. The van der Waals surface area contributed by atoms with Crippen molar-refractivity contribution in [2.45, 2.75) is 45.3 Å². The normalized spacial score (nSPS) is 19.1. The van der Waals surface area contributed by atoms with Crippen LogP contribution in [0.15, 0.2) is 4.99 Å². The molecule has 1 N–H and O–H groups in total. The molecule has 23 heavy (non-hydrogen) atoms. The van der Waals surface area contributed by atoms with Gasteiger partial charge in [0, 0.05) is 24.4 Å². The number of esters is 1. The van der Waals surface area contributed by atoms with Crippen LogP contribution in [0, 0.1) is 5.92 Å². The molecule has 1 rings (SSSR count). The molecule has 7 heteroatoms. The summed E-state index contributed by atoms with van der Waals surface area (Å²) in [5, 5.41) is 3.36. The number of nitrogens with zero attached hydrogens (tertiary/aromatic N) is 2. The lowest BCUT2D eigenvalue weighted by Gasteiger charge is -2.34. The first-order chi connectivity index (χ1) is 10.4. The number of hydrogen-bond donors (Lipinski definition) is 1. The number of thioether (sulfide) groups is 1. The highest BCUT2D eigenvalue weighted by Crippen LogP contribution is 2.22. The van der Waals surface area contributed by atoms with E-state index in [0.29, 0.717) is 13.2 Å². The molecule has 0 bridgehead atoms. The maximum atomic E-state index is 12.0. The molecule has 0 aliphatic carbocycles. The fourth-order valence-corrected chi connectivity index (χ4v) is 2.57. The molecule has 0 aromatic rings. The smallest absolute Gasteiger partial charge is 0.310 e. The van der Waals surface area contributed by atoms with Crippen molar-refractivity contribution in [3.8, 4) is 0 Å². The molecular weight excluding hydrogens is 425 g/mol. The molecule has 1 saturated heterocycles. The third kappa shape index (κ3) is 7.96. The van der Waals surface area contributed by atoms with Crippen molar-refractivity contribution >= 4 is 47.7 Å². The average molecular weight is 457 g/mol. The zero-order chi connectivity index (χ0) is 16.6. The van der Waals surface area contributed by atoms with E-state index in [1.807, 2.05) is 18.7 Å². The van der Waals surface area contributed by atoms with Gasteiger partial charge >= 0.3 is 5.97 Å². The maximum Gasteiger partial charge on any atom is 0.310 e. The number of guanidine groups is 1. The van der Waals surface area contributed by atoms with Crippen molar-refractivity contribution in [3.63, 3.8) is 0 Å². The Morgan fingerprint density at radius 2 is 2.13 bits per heavy atom. The van der Waals surface area contributed by atoms with Gasteiger partial charge in [0.15, 0.2) is 5.96 Å². The lowest BCUT2D eigenvalue weighted by atomic mass is 9.98. The molecule has 0 saturated carbocycles. The number of aliphatic imine (C=N–C) groups is 1. The van der Waals surface area contributed by atoms with Crippen LogP contribution >= 0.6 is 35.7 Å². The summed E-state index contributed by atoms with van der Waals surface area (Å²) in [5.74, 6) is 0.803. The Kier molecular flexibility index (Phi) is 11.3. The van der Waals surface area contributed by atoms with Crippen LogP contribution in [-0.4, -0.2) is 60.6 Å². The second kappa shape index (κ2) is 11.4. The lowest BCUT2D eigenvalue weighted by molar-refractivity contribution is -0.149. The maximum absolute atomic E-state index is 12.0. The molecule has 0 amide bonds. The van der Waals surface area contributed by atoms with Gasteiger partial charge in [0.05, 0.1) is 19.1 Å². The van der Waals surface area contributed by atoms with Gasteiger partial charge in [0.1, 0.15) is 0 Å². The van der Waals surface area contributed by atoms with Crippen LogP contribution in [0.25, 0.3) is 0 Å². The van der Waals surface area contributed by atoms with Crippen molar-refractivity contribution in [2.24, 2.45) is 10.9 Å². The number of halogens is 1. The fourth-order valence-electron chi connectivity index (χ4n) is 2.38. The van der Waals surface area contributed by atoms with E-state index in [0.717, 1.165) is 38.4 Å². The highest BCUT2D eigenvalue weighted by molar-refractivity contribution is 14.0. The van der Waals surface area contributed by atoms with Crippen LogP contribution in [0.2, 0.25) is 0 Å². The van der Waals surface area contributed by atoms with Gasteiger partial charge in [-0.2, -0.15) is 11.8 Å². The predicted octanol–water partition coefficient (Wildman–Crippen LogP) is 2.99. The van der Waals surface area contributed by atoms with Crippen molar-refractivity contribution in [1.82, 2.24) is 10.2 Å². The van der Waals surface area contributed by atoms with Gasteiger partial charge in [-0.3, -0.25) is 9.79 Å². The minimum absolute atomic E-state index is 0. The first-order valence-corrected chi connectivity index (χ1v) is 9.41. The van der Waals surface area contributed by atoms with Crippen molar-refractivity contribution in [2.75, 3.05) is 39.0 Å². The molecule has 1 unspecified atom stereocenters. The Morgan fingerprint density at radius 1 is 1.43 bits per heavy atom. The summed E-state index contributed by atoms with van der Waals surface area (Å²) in [4.78, 5) is 19.0. The molecular formula is C16H32IN3O2S. The van der Waals surface area contributed by atoms with Crippen LogP contribution in [0.5, 0.6) is 0 Å². The van der Waals surface area contributed by atoms with Gasteiger partial charge in [-0.05, 0) is 46.8 Å². The van der Waals surface area contributed by atoms with Crippen LogP contribution in [0.4, 0.5) is 0 Å². The number of likely N-dealkylation sites (tertiary alicyclic amines) is 1. The highest BCUT2D eigenvalue weighted by atomic mass is 127. The zero-order valence-corrected chi connectivity index (χ0v) is 18.2. The standard InChI is InChI=1S/C16H31N3O2S.HI/c1-6-17-15(18-12-16(3,4)22-5)19-10-8-9-13(11-19)14(20)21-7-2;/h13H,6-12H2,1-5H3,(H,17,18);1H. The van der Waals surface area contributed by atoms with Crippen LogP contribution < -0.4 is 5.32 Å². The molecule has 1 atom stereocenters. The lowest BCUT2D eigenvalue weighted by Crippen LogP contribution is -2.48. The van der Waals surface area contributed by atoms with Crippen LogP contribution in [0.1, 0.15) is 40.5 Å². The summed E-state index contributed by atoms with van der Waals surface area (Å²) < 4.78 is 5.29. The third-order valence-corrected chi connectivity index (χ3v) is 5.07. The molecule has 1 heterocycles. The second-order valence-corrected chi connectivity index (χ2v) is 7.68. The Hall–Kier alpha value is -0.180. The number of rotatable bonds is 6. The minimum atomic E-state index is -0.0764. The second-order valence-electron chi connectivity index (χ2n) is 6.17. The van der Waals surface area contributed by atoms with E-state index in [1.54, 1.807) is 0 Å². The Morgan fingerprint density at radius 3 is 2.70 bits per heavy atom. The molecule has 1 fully saturated rings. The van der Waals surface area contributed by atoms with Gasteiger partial charge in [0.25, 0.3) is 0 Å². The number of piperidine rings is 1. The highest BCUT2D eigenvalue weighted by Gasteiger charge is 2.28. The summed E-state index contributed by atoms with van der Waals surface area (Å²) in [5.41, 5.74) is 0. The van der Waals surface area contributed by atoms with Crippen molar-refractivity contribution < 1.29 is 9.53 Å². The summed E-state index contributed by atoms with van der Waals surface area (Å²) in [6.07, 6.45) is 4.02. The molecule has 1 aliphatic heterocycles. The van der Waals surface area contributed by atoms with E-state index in [9.17, 15) is 4.79 Å². The molecule has 136 valence electrons. The van der Waals surface area contributed by atoms with Crippen LogP contribution in [-0.2, 0) is 9.53 Å². The summed E-state index contributed by atoms with van der Waals surface area (Å²) >= 11 is 1.82. The van der Waals surface area contributed by atoms with Gasteiger partial charge in [-0.15, -0.1) is 24.0 Å². The monoisotopic (exact) mass is 457 g/mol. The van der Waals surface area contributed by atoms with E-state index >= 15 is 0 Å². The zero-order valence-electron chi connectivity index (χ0n) is 15.1. The number of nitrogens with one attached hydrogen (secondary N) is 1. The van der Waals surface area contributed by atoms with Crippen molar-refractivity contribution in [3.05, 3.63) is 0 Å². The molecule has 0 aromatic heterocycles. The van der Waals surface area contributed by atoms with Gasteiger partial charge in [0.2, 0.25) is 0 Å². The predicted molar refractivity (Wildman–Crippen MR) is 110 cm³/mol. The molecule has 1 aliphatic rings. The topological polar surface area (TPSA) is 53.9 Å². The third-order valence-electron chi connectivity index (χ3n) is 3.84. The molecule has 0 spiro atoms. The van der Waals surface area contributed by atoms with E-state index < -0.39 is 0 Å². The minimum Gasteiger partial charge on any atom is -0.466 e. The first kappa shape index (κ1) is 22.8. The van der Waals surface area contributed by atoms with E-state index in [2.05, 4.69) is 37.2 Å². The number of carbonyl (C=O) groups excluding carboxylic acids is 1. The summed E-state index contributed by atoms with van der Waals surface area (Å²) in [7, 11) is 0. The fraction of sp³-hybridized carbons (Fsp3) is 0.875. The Balaban J connectivity index is 0.00000484. The van der Waals surface area contributed by atoms with Crippen molar-refractivity contribution in [1.29, 1.82) is 0 Å². The number of carbonyl (C=O) groups is 1. The largest absolute Gasteiger partial charge is 0.466 e. The number of hydrogen-bond acceptors (Lipinski definition) is 4. The van der Waals surface area contributed by atoms with E-state index in [4.69, 9.17) is 9.73 Å². The summed E-state index contributed by atoms with van der Waals surface area (Å²) in [6.45, 7) is 12.0. The van der Waals surface area contributed by atoms with Gasteiger partial charge < -0.3 is 15.0 Å². The van der Waals surface area contributed by atoms with Crippen LogP contribution in [0.3, 0.4) is 0 Å². The van der Waals surface area contributed by atoms with Gasteiger partial charge in [-0.1, -0.05) is 0 Å². The van der Waals surface area contributed by atoms with E-state index in [-0.39, 0.29) is 40.6 Å². The first-order valence-electron chi connectivity index (χ1n) is 8.18. The van der Waals surface area contributed by atoms with E-state index in [1.165, 1.54) is 0 Å². The Labute approximate surface area is 162 Å². The molecule has 0 aromatic carbocycles. The number of ether oxygens (including phenoxy) is 1. The Bertz CT molecular complexity index is 392.